The van der Waals surface area contributed by atoms with Crippen molar-refractivity contribution in [1.29, 1.82) is 0 Å². The van der Waals surface area contributed by atoms with Crippen LogP contribution in [0.1, 0.15) is 23.6 Å². The van der Waals surface area contributed by atoms with Gasteiger partial charge in [0, 0.05) is 44.8 Å². The Labute approximate surface area is 232 Å². The van der Waals surface area contributed by atoms with Crippen LogP contribution in [0, 0.1) is 5.82 Å². The average molecular weight is 574 g/mol. The number of aliphatic hydroxyl groups is 1. The third-order valence-electron chi connectivity index (χ3n) is 7.44. The molecular weight excluding hydrogens is 541 g/mol. The summed E-state index contributed by atoms with van der Waals surface area (Å²) < 4.78 is 51.7. The van der Waals surface area contributed by atoms with Crippen LogP contribution in [0.4, 0.5) is 4.39 Å². The van der Waals surface area contributed by atoms with Crippen molar-refractivity contribution in [3.8, 4) is 0 Å². The van der Waals surface area contributed by atoms with E-state index in [1.165, 1.54) is 57.7 Å². The van der Waals surface area contributed by atoms with Crippen LogP contribution >= 0.6 is 0 Å². The standard InChI is InChI=1S/C28H32FN3O7S/c29-22-6-2-20(3-7-22)25-24(27(34)28(35)32(25)11-1-10-30-12-16-38-17-13-30)26(33)21-4-8-23(9-5-21)40(36,37)31-14-18-39-19-15-31/h2-9,25,33H,1,10-19H2/b26-24-. The van der Waals surface area contributed by atoms with Gasteiger partial charge in [-0.05, 0) is 48.4 Å². The average Bonchev–Trinajstić information content (AvgIpc) is 3.23. The lowest BCUT2D eigenvalue weighted by atomic mass is 9.95. The molecule has 2 aromatic rings. The Morgan fingerprint density at radius 2 is 1.48 bits per heavy atom. The fraction of sp³-hybridized carbons (Fsp3) is 0.429. The number of benzene rings is 2. The number of Topliss-reactive ketones (excluding diaryl/α,β-unsaturated/α-hetero) is 1. The van der Waals surface area contributed by atoms with E-state index in [0.717, 1.165) is 13.1 Å². The van der Waals surface area contributed by atoms with Gasteiger partial charge in [0.05, 0.1) is 42.9 Å². The van der Waals surface area contributed by atoms with E-state index in [1.54, 1.807) is 0 Å². The van der Waals surface area contributed by atoms with Gasteiger partial charge in [0.25, 0.3) is 11.7 Å². The summed E-state index contributed by atoms with van der Waals surface area (Å²) >= 11 is 0. The summed E-state index contributed by atoms with van der Waals surface area (Å²) in [7, 11) is -3.75. The maximum Gasteiger partial charge on any atom is 0.295 e. The number of ketones is 1. The molecule has 1 amide bonds. The van der Waals surface area contributed by atoms with Crippen molar-refractivity contribution >= 4 is 27.5 Å². The lowest BCUT2D eigenvalue weighted by Gasteiger charge is -2.29. The number of ether oxygens (including phenoxy) is 2. The number of hydrogen-bond donors (Lipinski definition) is 1. The maximum atomic E-state index is 13.7. The Kier molecular flexibility index (Phi) is 8.62. The molecule has 0 aromatic heterocycles. The molecular formula is C28H32FN3O7S. The molecule has 0 radical (unpaired) electrons. The number of sulfonamides is 1. The van der Waals surface area contributed by atoms with Crippen molar-refractivity contribution in [3.63, 3.8) is 0 Å². The minimum atomic E-state index is -3.75. The molecule has 0 spiro atoms. The first-order chi connectivity index (χ1) is 19.3. The number of morpholine rings is 2. The molecule has 3 aliphatic heterocycles. The minimum absolute atomic E-state index is 0.0459. The van der Waals surface area contributed by atoms with Crippen molar-refractivity contribution in [2.45, 2.75) is 17.4 Å². The molecule has 12 heteroatoms. The summed E-state index contributed by atoms with van der Waals surface area (Å²) in [6.45, 7) is 4.96. The topological polar surface area (TPSA) is 117 Å². The van der Waals surface area contributed by atoms with E-state index in [9.17, 15) is 27.5 Å². The number of halogens is 1. The van der Waals surface area contributed by atoms with E-state index in [1.807, 2.05) is 0 Å². The van der Waals surface area contributed by atoms with Gasteiger partial charge in [-0.1, -0.05) is 12.1 Å². The third-order valence-corrected chi connectivity index (χ3v) is 9.35. The van der Waals surface area contributed by atoms with Crippen LogP contribution in [-0.2, 0) is 29.1 Å². The molecule has 1 atom stereocenters. The fourth-order valence-electron chi connectivity index (χ4n) is 5.27. The van der Waals surface area contributed by atoms with Crippen LogP contribution in [0.25, 0.3) is 5.76 Å². The van der Waals surface area contributed by atoms with Crippen LogP contribution < -0.4 is 0 Å². The lowest BCUT2D eigenvalue weighted by Crippen LogP contribution is -2.40. The van der Waals surface area contributed by atoms with Crippen LogP contribution in [0.2, 0.25) is 0 Å². The van der Waals surface area contributed by atoms with Gasteiger partial charge in [0.15, 0.2) is 0 Å². The zero-order valence-corrected chi connectivity index (χ0v) is 22.8. The smallest absolute Gasteiger partial charge is 0.295 e. The minimum Gasteiger partial charge on any atom is -0.507 e. The van der Waals surface area contributed by atoms with Gasteiger partial charge in [-0.15, -0.1) is 0 Å². The first-order valence-corrected chi connectivity index (χ1v) is 14.7. The van der Waals surface area contributed by atoms with Crippen LogP contribution in [-0.4, -0.2) is 105 Å². The number of hydrogen-bond acceptors (Lipinski definition) is 8. The summed E-state index contributed by atoms with van der Waals surface area (Å²) in [5, 5.41) is 11.3. The third kappa shape index (κ3) is 5.81. The van der Waals surface area contributed by atoms with E-state index in [0.29, 0.717) is 45.0 Å². The molecule has 0 saturated carbocycles. The van der Waals surface area contributed by atoms with E-state index in [-0.39, 0.29) is 35.7 Å². The molecule has 3 fully saturated rings. The molecule has 10 nitrogen and oxygen atoms in total. The second-order valence-electron chi connectivity index (χ2n) is 9.89. The van der Waals surface area contributed by atoms with Crippen LogP contribution in [0.5, 0.6) is 0 Å². The second kappa shape index (κ2) is 12.1. The zero-order chi connectivity index (χ0) is 28.3. The molecule has 214 valence electrons. The van der Waals surface area contributed by atoms with E-state index >= 15 is 0 Å². The number of amides is 1. The van der Waals surface area contributed by atoms with Gasteiger partial charge >= 0.3 is 0 Å². The summed E-state index contributed by atoms with van der Waals surface area (Å²) in [5.41, 5.74) is 0.561. The molecule has 40 heavy (non-hydrogen) atoms. The van der Waals surface area contributed by atoms with E-state index in [2.05, 4.69) is 4.90 Å². The highest BCUT2D eigenvalue weighted by atomic mass is 32.2. The first-order valence-electron chi connectivity index (χ1n) is 13.3. The molecule has 3 aliphatic rings. The van der Waals surface area contributed by atoms with Crippen molar-refractivity contribution in [2.75, 3.05) is 65.7 Å². The van der Waals surface area contributed by atoms with Crippen LogP contribution in [0.15, 0.2) is 59.0 Å². The van der Waals surface area contributed by atoms with Gasteiger partial charge in [-0.25, -0.2) is 12.8 Å². The Bertz CT molecular complexity index is 1370. The Morgan fingerprint density at radius 1 is 0.875 bits per heavy atom. The summed E-state index contributed by atoms with van der Waals surface area (Å²) in [6.07, 6.45) is 0.596. The first kappa shape index (κ1) is 28.4. The SMILES string of the molecule is O=C1C(=O)N(CCCN2CCOCC2)C(c2ccc(F)cc2)/C1=C(/O)c1ccc(S(=O)(=O)N2CCOCC2)cc1. The van der Waals surface area contributed by atoms with Gasteiger partial charge in [0.2, 0.25) is 10.0 Å². The molecule has 1 N–H and O–H groups in total. The monoisotopic (exact) mass is 573 g/mol. The summed E-state index contributed by atoms with van der Waals surface area (Å²) in [6, 6.07) is 10.1. The van der Waals surface area contributed by atoms with Crippen molar-refractivity contribution in [3.05, 3.63) is 71.0 Å². The van der Waals surface area contributed by atoms with Crippen LogP contribution in [0.3, 0.4) is 0 Å². The Morgan fingerprint density at radius 3 is 2.10 bits per heavy atom. The van der Waals surface area contributed by atoms with E-state index in [4.69, 9.17) is 9.47 Å². The Balaban J connectivity index is 1.44. The molecule has 2 aromatic carbocycles. The fourth-order valence-corrected chi connectivity index (χ4v) is 6.68. The maximum absolute atomic E-state index is 13.7. The molecule has 0 bridgehead atoms. The lowest BCUT2D eigenvalue weighted by molar-refractivity contribution is -0.140. The largest absolute Gasteiger partial charge is 0.507 e. The molecule has 3 saturated heterocycles. The summed E-state index contributed by atoms with van der Waals surface area (Å²) in [5.74, 6) is -2.48. The van der Waals surface area contributed by atoms with Crippen molar-refractivity contribution in [1.82, 2.24) is 14.1 Å². The molecule has 1 unspecified atom stereocenters. The normalized spacial score (nSPS) is 22.6. The number of likely N-dealkylation sites (tertiary alicyclic amines) is 1. The second-order valence-corrected chi connectivity index (χ2v) is 11.8. The highest BCUT2D eigenvalue weighted by Gasteiger charge is 2.46. The predicted octanol–water partition coefficient (Wildman–Crippen LogP) is 1.99. The highest BCUT2D eigenvalue weighted by Crippen LogP contribution is 2.39. The van der Waals surface area contributed by atoms with Gasteiger partial charge in [-0.3, -0.25) is 14.5 Å². The zero-order valence-electron chi connectivity index (χ0n) is 22.0. The predicted molar refractivity (Wildman–Crippen MR) is 143 cm³/mol. The molecule has 0 aliphatic carbocycles. The highest BCUT2D eigenvalue weighted by molar-refractivity contribution is 7.89. The van der Waals surface area contributed by atoms with Gasteiger partial charge in [-0.2, -0.15) is 4.31 Å². The molecule has 3 heterocycles. The van der Waals surface area contributed by atoms with Gasteiger partial charge < -0.3 is 19.5 Å². The Hall–Kier alpha value is -3.16. The van der Waals surface area contributed by atoms with Gasteiger partial charge in [0.1, 0.15) is 11.6 Å². The van der Waals surface area contributed by atoms with Crippen molar-refractivity contribution < 1.29 is 37.0 Å². The number of rotatable bonds is 8. The summed E-state index contributed by atoms with van der Waals surface area (Å²) in [4.78, 5) is 30.1. The number of nitrogens with zero attached hydrogens (tertiary/aromatic N) is 3. The quantitative estimate of drug-likeness (QED) is 0.290. The van der Waals surface area contributed by atoms with Crippen molar-refractivity contribution in [2.24, 2.45) is 0 Å². The number of carbonyl (C=O) groups is 2. The number of carbonyl (C=O) groups excluding carboxylic acids is 2. The number of aliphatic hydroxyl groups excluding tert-OH is 1. The molecule has 5 rings (SSSR count). The van der Waals surface area contributed by atoms with E-state index < -0.39 is 39.3 Å².